The first-order valence-electron chi connectivity index (χ1n) is 6.91. The van der Waals surface area contributed by atoms with Crippen molar-refractivity contribution in [1.82, 2.24) is 9.97 Å². The summed E-state index contributed by atoms with van der Waals surface area (Å²) < 4.78 is 0. The highest BCUT2D eigenvalue weighted by Crippen LogP contribution is 2.15. The number of H-pyrrole nitrogens is 1. The summed E-state index contributed by atoms with van der Waals surface area (Å²) in [7, 11) is 0. The van der Waals surface area contributed by atoms with Crippen LogP contribution in [0.25, 0.3) is 0 Å². The summed E-state index contributed by atoms with van der Waals surface area (Å²) in [5.74, 6) is 0.300. The third kappa shape index (κ3) is 4.56. The topological polar surface area (TPSA) is 62.8 Å². The summed E-state index contributed by atoms with van der Waals surface area (Å²) in [5.41, 5.74) is 2.35. The molecule has 0 radical (unpaired) electrons. The fraction of sp³-hybridized carbons (Fsp3) is 0.312. The maximum absolute atomic E-state index is 12.1. The average molecular weight is 302 g/mol. The molecule has 0 amide bonds. The summed E-state index contributed by atoms with van der Waals surface area (Å²) in [6.45, 7) is 3.99. The summed E-state index contributed by atoms with van der Waals surface area (Å²) in [6.07, 6.45) is 1.70. The first-order valence-corrected chi connectivity index (χ1v) is 7.90. The molecule has 0 aliphatic carbocycles. The maximum atomic E-state index is 12.1. The summed E-state index contributed by atoms with van der Waals surface area (Å²) in [6, 6.07) is 9.01. The van der Waals surface area contributed by atoms with Crippen molar-refractivity contribution in [3.63, 3.8) is 0 Å². The fourth-order valence-electron chi connectivity index (χ4n) is 1.97. The quantitative estimate of drug-likeness (QED) is 0.506. The molecule has 0 bridgehead atoms. The van der Waals surface area contributed by atoms with Crippen LogP contribution in [0.1, 0.15) is 35.0 Å². The van der Waals surface area contributed by atoms with Crippen LogP contribution in [-0.2, 0) is 6.42 Å². The zero-order valence-corrected chi connectivity index (χ0v) is 13.0. The van der Waals surface area contributed by atoms with Gasteiger partial charge in [-0.15, -0.1) is 0 Å². The van der Waals surface area contributed by atoms with Gasteiger partial charge in [-0.1, -0.05) is 48.9 Å². The molecule has 1 N–H and O–H groups in total. The number of aromatic amines is 1. The van der Waals surface area contributed by atoms with Crippen molar-refractivity contribution < 1.29 is 4.79 Å². The predicted octanol–water partition coefficient (Wildman–Crippen LogP) is 3.01. The molecule has 110 valence electrons. The lowest BCUT2D eigenvalue weighted by Gasteiger charge is -2.04. The van der Waals surface area contributed by atoms with Gasteiger partial charge in [-0.3, -0.25) is 9.59 Å². The predicted molar refractivity (Wildman–Crippen MR) is 85.1 cm³/mol. The fourth-order valence-corrected chi connectivity index (χ4v) is 2.76. The maximum Gasteiger partial charge on any atom is 0.251 e. The number of carbonyl (C=O) groups is 1. The molecular formula is C16H18N2O2S. The van der Waals surface area contributed by atoms with E-state index >= 15 is 0 Å². The van der Waals surface area contributed by atoms with Crippen LogP contribution < -0.4 is 5.56 Å². The molecule has 0 saturated heterocycles. The zero-order chi connectivity index (χ0) is 15.2. The minimum absolute atomic E-state index is 0.0345. The van der Waals surface area contributed by atoms with E-state index in [9.17, 15) is 9.59 Å². The Morgan fingerprint density at radius 3 is 2.86 bits per heavy atom. The van der Waals surface area contributed by atoms with E-state index in [-0.39, 0.29) is 17.1 Å². The van der Waals surface area contributed by atoms with Gasteiger partial charge in [0.2, 0.25) is 0 Å². The number of nitrogens with zero attached hydrogens (tertiary/aromatic N) is 1. The van der Waals surface area contributed by atoms with E-state index in [0.717, 1.165) is 24.1 Å². The molecule has 2 rings (SSSR count). The van der Waals surface area contributed by atoms with E-state index in [1.165, 1.54) is 17.8 Å². The standard InChI is InChI=1S/C16H18N2O2S/c1-3-5-13-9-15(20)18-16(17-13)21-10-14(19)12-7-4-6-11(2)8-12/h4,6-9H,3,5,10H2,1-2H3,(H,17,18,20). The molecule has 0 aliphatic rings. The van der Waals surface area contributed by atoms with E-state index in [1.807, 2.05) is 32.0 Å². The van der Waals surface area contributed by atoms with E-state index in [2.05, 4.69) is 9.97 Å². The molecule has 1 heterocycles. The molecule has 1 aromatic carbocycles. The Hall–Kier alpha value is -1.88. The van der Waals surface area contributed by atoms with Crippen LogP contribution in [0.3, 0.4) is 0 Å². The molecule has 0 spiro atoms. The molecule has 1 aromatic heterocycles. The van der Waals surface area contributed by atoms with Gasteiger partial charge in [0.1, 0.15) is 0 Å². The van der Waals surface area contributed by atoms with Gasteiger partial charge in [-0.25, -0.2) is 4.98 Å². The van der Waals surface area contributed by atoms with Gasteiger partial charge in [0.15, 0.2) is 10.9 Å². The summed E-state index contributed by atoms with van der Waals surface area (Å²) in [5, 5.41) is 0.506. The van der Waals surface area contributed by atoms with Crippen molar-refractivity contribution in [2.45, 2.75) is 31.8 Å². The Morgan fingerprint density at radius 1 is 1.33 bits per heavy atom. The molecule has 0 unspecified atom stereocenters. The number of hydrogen-bond acceptors (Lipinski definition) is 4. The molecule has 0 atom stereocenters. The number of ketones is 1. The Bertz CT molecular complexity index is 695. The second-order valence-electron chi connectivity index (χ2n) is 4.87. The number of thioether (sulfide) groups is 1. The number of carbonyl (C=O) groups excluding carboxylic acids is 1. The molecule has 0 aliphatic heterocycles. The van der Waals surface area contributed by atoms with Crippen LogP contribution in [0.2, 0.25) is 0 Å². The van der Waals surface area contributed by atoms with Crippen LogP contribution >= 0.6 is 11.8 Å². The number of nitrogens with one attached hydrogen (secondary N) is 1. The van der Waals surface area contributed by atoms with E-state index < -0.39 is 0 Å². The Kier molecular flexibility index (Phi) is 5.33. The van der Waals surface area contributed by atoms with E-state index in [4.69, 9.17) is 0 Å². The lowest BCUT2D eigenvalue weighted by atomic mass is 10.1. The van der Waals surface area contributed by atoms with Crippen molar-refractivity contribution >= 4 is 17.5 Å². The normalized spacial score (nSPS) is 10.6. The van der Waals surface area contributed by atoms with Gasteiger partial charge in [-0.05, 0) is 19.4 Å². The second-order valence-corrected chi connectivity index (χ2v) is 5.84. The average Bonchev–Trinajstić information content (AvgIpc) is 2.44. The minimum Gasteiger partial charge on any atom is -0.301 e. The number of hydrogen-bond donors (Lipinski definition) is 1. The van der Waals surface area contributed by atoms with Gasteiger partial charge < -0.3 is 4.98 Å². The molecule has 0 saturated carbocycles. The monoisotopic (exact) mass is 302 g/mol. The lowest BCUT2D eigenvalue weighted by molar-refractivity contribution is 0.102. The van der Waals surface area contributed by atoms with Crippen LogP contribution in [0, 0.1) is 6.92 Å². The highest BCUT2D eigenvalue weighted by atomic mass is 32.2. The minimum atomic E-state index is -0.168. The van der Waals surface area contributed by atoms with Gasteiger partial charge >= 0.3 is 0 Å². The first-order chi connectivity index (χ1) is 10.1. The Morgan fingerprint density at radius 2 is 2.14 bits per heavy atom. The third-order valence-corrected chi connectivity index (χ3v) is 3.83. The Labute approximate surface area is 128 Å². The first kappa shape index (κ1) is 15.5. The van der Waals surface area contributed by atoms with E-state index in [1.54, 1.807) is 6.07 Å². The van der Waals surface area contributed by atoms with Crippen molar-refractivity contribution in [3.8, 4) is 0 Å². The molecule has 21 heavy (non-hydrogen) atoms. The second kappa shape index (κ2) is 7.22. The highest BCUT2D eigenvalue weighted by molar-refractivity contribution is 7.99. The number of rotatable bonds is 6. The van der Waals surface area contributed by atoms with Gasteiger partial charge in [-0.2, -0.15) is 0 Å². The van der Waals surface area contributed by atoms with Crippen LogP contribution in [0.5, 0.6) is 0 Å². The van der Waals surface area contributed by atoms with Crippen LogP contribution in [-0.4, -0.2) is 21.5 Å². The Balaban J connectivity index is 2.06. The largest absolute Gasteiger partial charge is 0.301 e. The molecule has 2 aromatic rings. The number of aromatic nitrogens is 2. The smallest absolute Gasteiger partial charge is 0.251 e. The molecular weight excluding hydrogens is 284 g/mol. The summed E-state index contributed by atoms with van der Waals surface area (Å²) >= 11 is 1.27. The third-order valence-electron chi connectivity index (χ3n) is 2.96. The van der Waals surface area contributed by atoms with E-state index in [0.29, 0.717) is 10.7 Å². The number of Topliss-reactive ketones (excluding diaryl/α,β-unsaturated/α-hetero) is 1. The van der Waals surface area contributed by atoms with Crippen molar-refractivity contribution in [2.24, 2.45) is 0 Å². The zero-order valence-electron chi connectivity index (χ0n) is 12.2. The van der Waals surface area contributed by atoms with Crippen molar-refractivity contribution in [2.75, 3.05) is 5.75 Å². The molecule has 0 fully saturated rings. The SMILES string of the molecule is CCCc1cc(=O)[nH]c(SCC(=O)c2cccc(C)c2)n1. The lowest BCUT2D eigenvalue weighted by Crippen LogP contribution is -2.11. The van der Waals surface area contributed by atoms with Gasteiger partial charge in [0, 0.05) is 17.3 Å². The van der Waals surface area contributed by atoms with Crippen molar-refractivity contribution in [3.05, 3.63) is 57.5 Å². The molecule has 4 nitrogen and oxygen atoms in total. The number of benzene rings is 1. The van der Waals surface area contributed by atoms with Crippen LogP contribution in [0.15, 0.2) is 40.3 Å². The van der Waals surface area contributed by atoms with Crippen LogP contribution in [0.4, 0.5) is 0 Å². The van der Waals surface area contributed by atoms with Gasteiger partial charge in [0.25, 0.3) is 5.56 Å². The van der Waals surface area contributed by atoms with Gasteiger partial charge in [0.05, 0.1) is 5.75 Å². The highest BCUT2D eigenvalue weighted by Gasteiger charge is 2.09. The summed E-state index contributed by atoms with van der Waals surface area (Å²) in [4.78, 5) is 30.7. The molecule has 5 heteroatoms. The number of aryl methyl sites for hydroxylation is 2. The van der Waals surface area contributed by atoms with Crippen molar-refractivity contribution in [1.29, 1.82) is 0 Å².